The molecule has 13 heavy (non-hydrogen) atoms. The molecule has 0 saturated heterocycles. The summed E-state index contributed by atoms with van der Waals surface area (Å²) in [5.41, 5.74) is 0. The van der Waals surface area contributed by atoms with Crippen LogP contribution in [0.25, 0.3) is 0 Å². The van der Waals surface area contributed by atoms with Gasteiger partial charge >= 0.3 is 0 Å². The summed E-state index contributed by atoms with van der Waals surface area (Å²) in [5, 5.41) is 14.7. The highest BCUT2D eigenvalue weighted by Gasteiger charge is 2.12. The summed E-state index contributed by atoms with van der Waals surface area (Å²) < 4.78 is 1.86. The van der Waals surface area contributed by atoms with Crippen molar-refractivity contribution in [3.63, 3.8) is 0 Å². The minimum Gasteiger partial charge on any atom is -0.353 e. The van der Waals surface area contributed by atoms with Gasteiger partial charge in [0.1, 0.15) is 0 Å². The summed E-state index contributed by atoms with van der Waals surface area (Å²) >= 11 is 0. The van der Waals surface area contributed by atoms with Crippen LogP contribution in [-0.4, -0.2) is 26.8 Å². The lowest BCUT2D eigenvalue weighted by Crippen LogP contribution is -2.13. The highest BCUT2D eigenvalue weighted by molar-refractivity contribution is 5.21. The van der Waals surface area contributed by atoms with E-state index >= 15 is 0 Å². The molecule has 1 N–H and O–H groups in total. The highest BCUT2D eigenvalue weighted by Crippen LogP contribution is 2.16. The molecule has 74 valence electrons. The minimum atomic E-state index is 0.407. The van der Waals surface area contributed by atoms with Gasteiger partial charge in [0.25, 0.3) is 0 Å². The standard InChI is InChI=1S/C8H17N5/c1-4-7(5-2)13-8(9-6-3)10-11-12-13/h7H,4-6H2,1-3H3,(H,9,10,12). The van der Waals surface area contributed by atoms with Crippen molar-refractivity contribution >= 4 is 5.95 Å². The molecule has 0 saturated carbocycles. The van der Waals surface area contributed by atoms with Crippen molar-refractivity contribution in [2.45, 2.75) is 39.7 Å². The van der Waals surface area contributed by atoms with E-state index in [0.717, 1.165) is 25.3 Å². The number of rotatable bonds is 5. The molecule has 5 nitrogen and oxygen atoms in total. The molecule has 1 aromatic heterocycles. The van der Waals surface area contributed by atoms with Gasteiger partial charge in [-0.3, -0.25) is 0 Å². The molecular formula is C8H17N5. The molecular weight excluding hydrogens is 166 g/mol. The van der Waals surface area contributed by atoms with Crippen LogP contribution in [-0.2, 0) is 0 Å². The van der Waals surface area contributed by atoms with E-state index < -0.39 is 0 Å². The van der Waals surface area contributed by atoms with Gasteiger partial charge in [-0.05, 0) is 30.2 Å². The normalized spacial score (nSPS) is 10.8. The van der Waals surface area contributed by atoms with Crippen molar-refractivity contribution in [3.8, 4) is 0 Å². The van der Waals surface area contributed by atoms with Gasteiger partial charge in [-0.25, -0.2) is 4.68 Å². The summed E-state index contributed by atoms with van der Waals surface area (Å²) in [6.07, 6.45) is 2.11. The molecule has 0 unspecified atom stereocenters. The van der Waals surface area contributed by atoms with Crippen molar-refractivity contribution < 1.29 is 0 Å². The second-order valence-corrected chi connectivity index (χ2v) is 2.95. The topological polar surface area (TPSA) is 55.6 Å². The molecule has 5 heteroatoms. The Hall–Kier alpha value is -1.13. The van der Waals surface area contributed by atoms with Crippen molar-refractivity contribution in [2.24, 2.45) is 0 Å². The Kier molecular flexibility index (Phi) is 3.67. The van der Waals surface area contributed by atoms with Crippen molar-refractivity contribution in [1.82, 2.24) is 20.2 Å². The molecule has 0 aliphatic rings. The zero-order chi connectivity index (χ0) is 9.68. The van der Waals surface area contributed by atoms with Gasteiger partial charge in [0.15, 0.2) is 0 Å². The van der Waals surface area contributed by atoms with Crippen molar-refractivity contribution in [1.29, 1.82) is 0 Å². The van der Waals surface area contributed by atoms with Crippen LogP contribution < -0.4 is 5.32 Å². The molecule has 0 fully saturated rings. The van der Waals surface area contributed by atoms with Crippen LogP contribution in [0.5, 0.6) is 0 Å². The fraction of sp³-hybridized carbons (Fsp3) is 0.875. The monoisotopic (exact) mass is 183 g/mol. The Bertz CT molecular complexity index is 240. The summed E-state index contributed by atoms with van der Waals surface area (Å²) in [6, 6.07) is 0.407. The smallest absolute Gasteiger partial charge is 0.243 e. The highest BCUT2D eigenvalue weighted by atomic mass is 15.6. The quantitative estimate of drug-likeness (QED) is 0.751. The molecule has 1 rings (SSSR count). The van der Waals surface area contributed by atoms with Crippen LogP contribution in [0.4, 0.5) is 5.95 Å². The zero-order valence-electron chi connectivity index (χ0n) is 8.49. The summed E-state index contributed by atoms with van der Waals surface area (Å²) in [4.78, 5) is 0. The molecule has 0 aromatic carbocycles. The number of nitrogens with one attached hydrogen (secondary N) is 1. The molecule has 0 amide bonds. The fourth-order valence-corrected chi connectivity index (χ4v) is 1.35. The van der Waals surface area contributed by atoms with Crippen LogP contribution in [0.2, 0.25) is 0 Å². The van der Waals surface area contributed by atoms with Gasteiger partial charge in [0.2, 0.25) is 5.95 Å². The second-order valence-electron chi connectivity index (χ2n) is 2.95. The number of hydrogen-bond donors (Lipinski definition) is 1. The van der Waals surface area contributed by atoms with Crippen LogP contribution in [0.3, 0.4) is 0 Å². The maximum atomic E-state index is 3.97. The van der Waals surface area contributed by atoms with Crippen LogP contribution >= 0.6 is 0 Å². The first-order chi connectivity index (χ1) is 6.33. The summed E-state index contributed by atoms with van der Waals surface area (Å²) in [7, 11) is 0. The van der Waals surface area contributed by atoms with E-state index in [1.165, 1.54) is 0 Å². The lowest BCUT2D eigenvalue weighted by molar-refractivity contribution is 0.422. The molecule has 0 spiro atoms. The van der Waals surface area contributed by atoms with Crippen LogP contribution in [0.15, 0.2) is 0 Å². The van der Waals surface area contributed by atoms with E-state index in [0.29, 0.717) is 6.04 Å². The minimum absolute atomic E-state index is 0.407. The Morgan fingerprint density at radius 1 is 1.31 bits per heavy atom. The molecule has 0 atom stereocenters. The maximum absolute atomic E-state index is 3.97. The molecule has 1 aromatic rings. The van der Waals surface area contributed by atoms with Crippen LogP contribution in [0, 0.1) is 0 Å². The van der Waals surface area contributed by atoms with E-state index in [1.807, 2.05) is 11.6 Å². The van der Waals surface area contributed by atoms with Crippen LogP contribution in [0.1, 0.15) is 39.7 Å². The number of nitrogens with zero attached hydrogens (tertiary/aromatic N) is 4. The molecule has 0 aliphatic carbocycles. The number of anilines is 1. The van der Waals surface area contributed by atoms with Crippen molar-refractivity contribution in [3.05, 3.63) is 0 Å². The average Bonchev–Trinajstić information content (AvgIpc) is 2.57. The molecule has 1 heterocycles. The third-order valence-corrected chi connectivity index (χ3v) is 2.12. The second kappa shape index (κ2) is 4.79. The Morgan fingerprint density at radius 2 is 2.00 bits per heavy atom. The third kappa shape index (κ3) is 2.17. The zero-order valence-corrected chi connectivity index (χ0v) is 8.49. The van der Waals surface area contributed by atoms with Gasteiger partial charge < -0.3 is 5.32 Å². The lowest BCUT2D eigenvalue weighted by Gasteiger charge is -2.13. The lowest BCUT2D eigenvalue weighted by atomic mass is 10.2. The largest absolute Gasteiger partial charge is 0.353 e. The third-order valence-electron chi connectivity index (χ3n) is 2.12. The van der Waals surface area contributed by atoms with Gasteiger partial charge in [-0.2, -0.15) is 0 Å². The van der Waals surface area contributed by atoms with E-state index in [-0.39, 0.29) is 0 Å². The van der Waals surface area contributed by atoms with Gasteiger partial charge in [-0.1, -0.05) is 18.9 Å². The van der Waals surface area contributed by atoms with E-state index in [1.54, 1.807) is 0 Å². The summed E-state index contributed by atoms with van der Waals surface area (Å²) in [5.74, 6) is 0.774. The Balaban J connectivity index is 2.78. The average molecular weight is 183 g/mol. The number of hydrogen-bond acceptors (Lipinski definition) is 4. The Labute approximate surface area is 78.5 Å². The fourth-order valence-electron chi connectivity index (χ4n) is 1.35. The molecule has 0 aliphatic heterocycles. The molecule has 0 radical (unpaired) electrons. The Morgan fingerprint density at radius 3 is 2.54 bits per heavy atom. The first-order valence-electron chi connectivity index (χ1n) is 4.85. The number of aromatic nitrogens is 4. The van der Waals surface area contributed by atoms with E-state index in [9.17, 15) is 0 Å². The van der Waals surface area contributed by atoms with E-state index in [2.05, 4.69) is 34.7 Å². The first-order valence-corrected chi connectivity index (χ1v) is 4.85. The summed E-state index contributed by atoms with van der Waals surface area (Å²) in [6.45, 7) is 7.17. The molecule has 0 bridgehead atoms. The van der Waals surface area contributed by atoms with Gasteiger partial charge in [0.05, 0.1) is 6.04 Å². The van der Waals surface area contributed by atoms with E-state index in [4.69, 9.17) is 0 Å². The predicted molar refractivity (Wildman–Crippen MR) is 51.6 cm³/mol. The SMILES string of the molecule is CCNc1nnnn1C(CC)CC. The first kappa shape index (κ1) is 9.95. The maximum Gasteiger partial charge on any atom is 0.243 e. The number of tetrazole rings is 1. The van der Waals surface area contributed by atoms with Gasteiger partial charge in [0, 0.05) is 6.54 Å². The van der Waals surface area contributed by atoms with Crippen molar-refractivity contribution in [2.75, 3.05) is 11.9 Å². The van der Waals surface area contributed by atoms with Gasteiger partial charge in [-0.15, -0.1) is 0 Å². The predicted octanol–water partition coefficient (Wildman–Crippen LogP) is 1.47.